The van der Waals surface area contributed by atoms with Crippen molar-refractivity contribution < 1.29 is 24.1 Å². The van der Waals surface area contributed by atoms with Gasteiger partial charge in [-0.2, -0.15) is 0 Å². The van der Waals surface area contributed by atoms with Crippen LogP contribution in [0.4, 0.5) is 4.79 Å². The largest absolute Gasteiger partial charge is 0.508 e. The number of aliphatic hydroxyl groups is 1. The summed E-state index contributed by atoms with van der Waals surface area (Å²) >= 11 is 0. The summed E-state index contributed by atoms with van der Waals surface area (Å²) in [5.41, 5.74) is 2.23. The molecule has 2 aromatic carbocycles. The van der Waals surface area contributed by atoms with E-state index in [0.717, 1.165) is 35.3 Å². The highest BCUT2D eigenvalue weighted by atomic mass is 16.7. The minimum Gasteiger partial charge on any atom is -0.494 e. The number of hydrogen-bond donors (Lipinski definition) is 1. The number of carbonyl (C=O) groups excluding carboxylic acids is 1. The summed E-state index contributed by atoms with van der Waals surface area (Å²) in [6.45, 7) is 5.22. The van der Waals surface area contributed by atoms with Crippen LogP contribution in [0, 0.1) is 0 Å². The summed E-state index contributed by atoms with van der Waals surface area (Å²) in [6.07, 6.45) is 7.16. The zero-order valence-electron chi connectivity index (χ0n) is 20.1. The molecule has 33 heavy (non-hydrogen) atoms. The van der Waals surface area contributed by atoms with Crippen LogP contribution >= 0.6 is 0 Å². The van der Waals surface area contributed by atoms with Crippen LogP contribution in [-0.4, -0.2) is 30.6 Å². The molecular formula is C28H38O5. The Hall–Kier alpha value is -2.53. The van der Waals surface area contributed by atoms with E-state index in [1.165, 1.54) is 19.3 Å². The fourth-order valence-corrected chi connectivity index (χ4v) is 4.39. The molecule has 1 aliphatic carbocycles. The van der Waals surface area contributed by atoms with Crippen molar-refractivity contribution in [3.05, 3.63) is 54.1 Å². The Kier molecular flexibility index (Phi) is 9.61. The van der Waals surface area contributed by atoms with Crippen LogP contribution in [0.25, 0.3) is 11.1 Å². The Morgan fingerprint density at radius 2 is 1.52 bits per heavy atom. The Morgan fingerprint density at radius 1 is 0.909 bits per heavy atom. The Balaban J connectivity index is 1.45. The quantitative estimate of drug-likeness (QED) is 0.292. The van der Waals surface area contributed by atoms with Crippen LogP contribution in [0.15, 0.2) is 48.5 Å². The molecule has 1 aliphatic rings. The first kappa shape index (κ1) is 25.1. The summed E-state index contributed by atoms with van der Waals surface area (Å²) in [7, 11) is 0. The minimum absolute atomic E-state index is 0.194. The zero-order chi connectivity index (χ0) is 23.5. The third-order valence-electron chi connectivity index (χ3n) is 6.41. The zero-order valence-corrected chi connectivity index (χ0v) is 20.1. The van der Waals surface area contributed by atoms with Gasteiger partial charge in [-0.15, -0.1) is 0 Å². The van der Waals surface area contributed by atoms with E-state index in [-0.39, 0.29) is 6.10 Å². The van der Waals surface area contributed by atoms with Crippen molar-refractivity contribution in [2.45, 2.75) is 83.3 Å². The van der Waals surface area contributed by atoms with Gasteiger partial charge in [0.1, 0.15) is 11.9 Å². The van der Waals surface area contributed by atoms with Gasteiger partial charge in [-0.1, -0.05) is 69.0 Å². The highest BCUT2D eigenvalue weighted by Gasteiger charge is 2.36. The number of benzene rings is 2. The van der Waals surface area contributed by atoms with E-state index in [2.05, 4.69) is 6.92 Å². The molecule has 0 spiro atoms. The van der Waals surface area contributed by atoms with Gasteiger partial charge in [0.05, 0.1) is 18.8 Å². The van der Waals surface area contributed by atoms with Crippen molar-refractivity contribution in [3.8, 4) is 16.9 Å². The van der Waals surface area contributed by atoms with E-state index in [0.29, 0.717) is 38.9 Å². The fraction of sp³-hybridized carbons (Fsp3) is 0.536. The maximum absolute atomic E-state index is 11.9. The molecule has 0 saturated heterocycles. The molecule has 0 unspecified atom stereocenters. The molecule has 1 fully saturated rings. The lowest BCUT2D eigenvalue weighted by atomic mass is 9.78. The van der Waals surface area contributed by atoms with Gasteiger partial charge in [0.2, 0.25) is 0 Å². The average Bonchev–Trinajstić information content (AvgIpc) is 2.84. The standard InChI is InChI=1S/C28H38O5/c1-3-5-6-7-8-21-32-27(29)33-26-17-19-28(30,20-18-26)24-13-9-22(10-14-24)23-11-15-25(16-12-23)31-4-2/h9-16,26,30H,3-8,17-21H2,1-2H3. The summed E-state index contributed by atoms with van der Waals surface area (Å²) < 4.78 is 16.2. The molecule has 5 nitrogen and oxygen atoms in total. The van der Waals surface area contributed by atoms with E-state index in [1.807, 2.05) is 55.5 Å². The summed E-state index contributed by atoms with van der Waals surface area (Å²) in [6, 6.07) is 16.1. The predicted molar refractivity (Wildman–Crippen MR) is 130 cm³/mol. The number of rotatable bonds is 11. The monoisotopic (exact) mass is 454 g/mol. The van der Waals surface area contributed by atoms with E-state index >= 15 is 0 Å². The molecule has 1 N–H and O–H groups in total. The maximum atomic E-state index is 11.9. The summed E-state index contributed by atoms with van der Waals surface area (Å²) in [5.74, 6) is 0.863. The summed E-state index contributed by atoms with van der Waals surface area (Å²) in [5, 5.41) is 11.2. The first-order valence-corrected chi connectivity index (χ1v) is 12.4. The van der Waals surface area contributed by atoms with Gasteiger partial charge in [-0.25, -0.2) is 4.79 Å². The lowest BCUT2D eigenvalue weighted by molar-refractivity contribution is -0.0538. The van der Waals surface area contributed by atoms with Crippen LogP contribution in [0.2, 0.25) is 0 Å². The van der Waals surface area contributed by atoms with Crippen molar-refractivity contribution in [2.75, 3.05) is 13.2 Å². The minimum atomic E-state index is -0.888. The topological polar surface area (TPSA) is 65.0 Å². The van der Waals surface area contributed by atoms with Gasteiger partial charge in [0.25, 0.3) is 0 Å². The second kappa shape index (κ2) is 12.6. The van der Waals surface area contributed by atoms with Gasteiger partial charge in [0.15, 0.2) is 0 Å². The number of ether oxygens (including phenoxy) is 3. The first-order chi connectivity index (χ1) is 16.0. The summed E-state index contributed by atoms with van der Waals surface area (Å²) in [4.78, 5) is 11.9. The molecule has 0 radical (unpaired) electrons. The van der Waals surface area contributed by atoms with E-state index in [9.17, 15) is 9.90 Å². The van der Waals surface area contributed by atoms with Crippen LogP contribution in [-0.2, 0) is 15.1 Å². The number of hydrogen-bond acceptors (Lipinski definition) is 5. The van der Waals surface area contributed by atoms with E-state index in [4.69, 9.17) is 14.2 Å². The number of carbonyl (C=O) groups is 1. The van der Waals surface area contributed by atoms with Crippen LogP contribution in [0.1, 0.15) is 77.2 Å². The second-order valence-corrected chi connectivity index (χ2v) is 8.90. The molecule has 0 aliphatic heterocycles. The van der Waals surface area contributed by atoms with Crippen LogP contribution in [0.5, 0.6) is 5.75 Å². The Bertz CT molecular complexity index is 836. The highest BCUT2D eigenvalue weighted by Crippen LogP contribution is 2.39. The van der Waals surface area contributed by atoms with Gasteiger partial charge in [-0.05, 0) is 67.9 Å². The normalized spacial score (nSPS) is 20.3. The molecule has 0 heterocycles. The molecule has 1 saturated carbocycles. The van der Waals surface area contributed by atoms with Crippen molar-refractivity contribution >= 4 is 6.16 Å². The van der Waals surface area contributed by atoms with E-state index < -0.39 is 11.8 Å². The predicted octanol–water partition coefficient (Wildman–Crippen LogP) is 7.01. The van der Waals surface area contributed by atoms with Crippen LogP contribution < -0.4 is 4.74 Å². The Labute approximate surface area is 198 Å². The smallest absolute Gasteiger partial charge is 0.494 e. The first-order valence-electron chi connectivity index (χ1n) is 12.4. The molecule has 3 rings (SSSR count). The Morgan fingerprint density at radius 3 is 2.12 bits per heavy atom. The third kappa shape index (κ3) is 7.50. The van der Waals surface area contributed by atoms with Gasteiger partial charge >= 0.3 is 6.16 Å². The van der Waals surface area contributed by atoms with Crippen molar-refractivity contribution in [2.24, 2.45) is 0 Å². The molecule has 0 bridgehead atoms. The molecule has 0 atom stereocenters. The third-order valence-corrected chi connectivity index (χ3v) is 6.41. The second-order valence-electron chi connectivity index (χ2n) is 8.90. The molecule has 0 amide bonds. The van der Waals surface area contributed by atoms with Crippen molar-refractivity contribution in [3.63, 3.8) is 0 Å². The SMILES string of the molecule is CCCCCCCOC(=O)OC1CCC(O)(c2ccc(-c3ccc(OCC)cc3)cc2)CC1. The van der Waals surface area contributed by atoms with Gasteiger partial charge < -0.3 is 19.3 Å². The molecule has 5 heteroatoms. The lowest BCUT2D eigenvalue weighted by Gasteiger charge is -2.36. The fourth-order valence-electron chi connectivity index (χ4n) is 4.39. The molecular weight excluding hydrogens is 416 g/mol. The lowest BCUT2D eigenvalue weighted by Crippen LogP contribution is -2.35. The van der Waals surface area contributed by atoms with E-state index in [1.54, 1.807) is 0 Å². The molecule has 0 aromatic heterocycles. The molecule has 180 valence electrons. The van der Waals surface area contributed by atoms with Gasteiger partial charge in [-0.3, -0.25) is 0 Å². The van der Waals surface area contributed by atoms with Crippen molar-refractivity contribution in [1.29, 1.82) is 0 Å². The molecule has 2 aromatic rings. The number of unbranched alkanes of at least 4 members (excludes halogenated alkanes) is 4. The van der Waals surface area contributed by atoms with Crippen LogP contribution in [0.3, 0.4) is 0 Å². The van der Waals surface area contributed by atoms with Gasteiger partial charge in [0, 0.05) is 0 Å². The van der Waals surface area contributed by atoms with Crippen molar-refractivity contribution in [1.82, 2.24) is 0 Å². The maximum Gasteiger partial charge on any atom is 0.508 e. The highest BCUT2D eigenvalue weighted by molar-refractivity contribution is 5.64. The average molecular weight is 455 g/mol.